The molecule has 1 aromatic rings. The molecule has 16 heavy (non-hydrogen) atoms. The minimum Gasteiger partial charge on any atom is -0.481 e. The third-order valence-electron chi connectivity index (χ3n) is 2.59. The Bertz CT molecular complexity index is 358. The van der Waals surface area contributed by atoms with E-state index in [0.29, 0.717) is 18.8 Å². The predicted octanol–water partition coefficient (Wildman–Crippen LogP) is 1.73. The Morgan fingerprint density at radius 2 is 2.50 bits per heavy atom. The van der Waals surface area contributed by atoms with Crippen LogP contribution in [0.25, 0.3) is 0 Å². The number of hydrogen-bond acceptors (Lipinski definition) is 4. The van der Waals surface area contributed by atoms with E-state index in [1.807, 2.05) is 0 Å². The lowest BCUT2D eigenvalue weighted by molar-refractivity contribution is -0.175. The molecule has 0 aromatic carbocycles. The van der Waals surface area contributed by atoms with Crippen LogP contribution in [-0.2, 0) is 20.1 Å². The van der Waals surface area contributed by atoms with E-state index in [1.54, 1.807) is 25.3 Å². The quantitative estimate of drug-likeness (QED) is 0.846. The fraction of sp³-hybridized carbons (Fsp3) is 0.545. The minimum atomic E-state index is -0.882. The number of hydrogen-bond donors (Lipinski definition) is 1. The zero-order valence-electron chi connectivity index (χ0n) is 9.01. The van der Waals surface area contributed by atoms with Crippen LogP contribution in [0.3, 0.4) is 0 Å². The second-order valence-corrected chi connectivity index (χ2v) is 3.91. The van der Waals surface area contributed by atoms with Crippen LogP contribution in [0.1, 0.15) is 25.5 Å². The van der Waals surface area contributed by atoms with Crippen molar-refractivity contribution in [1.29, 1.82) is 0 Å². The normalized spacial score (nSPS) is 29.4. The molecule has 5 nitrogen and oxygen atoms in total. The van der Waals surface area contributed by atoms with Crippen LogP contribution in [0, 0.1) is 0 Å². The van der Waals surface area contributed by atoms with E-state index in [2.05, 4.69) is 0 Å². The van der Waals surface area contributed by atoms with Gasteiger partial charge in [0.1, 0.15) is 0 Å². The molecule has 0 spiro atoms. The Hall–Kier alpha value is -1.33. The summed E-state index contributed by atoms with van der Waals surface area (Å²) in [5.41, 5.74) is 0. The zero-order valence-corrected chi connectivity index (χ0v) is 9.01. The molecule has 0 saturated carbocycles. The summed E-state index contributed by atoms with van der Waals surface area (Å²) in [4.78, 5) is 10.4. The van der Waals surface area contributed by atoms with Crippen molar-refractivity contribution in [1.82, 2.24) is 0 Å². The van der Waals surface area contributed by atoms with Gasteiger partial charge in [-0.1, -0.05) is 0 Å². The number of rotatable bonds is 4. The van der Waals surface area contributed by atoms with Crippen LogP contribution < -0.4 is 0 Å². The lowest BCUT2D eigenvalue weighted by Crippen LogP contribution is -2.23. The first kappa shape index (κ1) is 11.2. The SMILES string of the molecule is CC1(c2ccco2)OCC(CCC(=O)O)O1. The topological polar surface area (TPSA) is 68.9 Å². The summed E-state index contributed by atoms with van der Waals surface area (Å²) in [7, 11) is 0. The van der Waals surface area contributed by atoms with E-state index in [0.717, 1.165) is 0 Å². The van der Waals surface area contributed by atoms with Gasteiger partial charge < -0.3 is 19.0 Å². The maximum Gasteiger partial charge on any atom is 0.303 e. The van der Waals surface area contributed by atoms with Gasteiger partial charge in [0.2, 0.25) is 5.79 Å². The second kappa shape index (κ2) is 4.27. The fourth-order valence-corrected chi connectivity index (χ4v) is 1.73. The molecule has 1 aromatic heterocycles. The smallest absolute Gasteiger partial charge is 0.303 e. The number of carboxylic acid groups (broad SMARTS) is 1. The van der Waals surface area contributed by atoms with Gasteiger partial charge in [0, 0.05) is 6.42 Å². The third-order valence-corrected chi connectivity index (χ3v) is 2.59. The summed E-state index contributed by atoms with van der Waals surface area (Å²) in [5, 5.41) is 8.57. The highest BCUT2D eigenvalue weighted by Gasteiger charge is 2.41. The van der Waals surface area contributed by atoms with Gasteiger partial charge in [-0.3, -0.25) is 4.79 Å². The molecule has 1 aliphatic heterocycles. The average molecular weight is 226 g/mol. The third kappa shape index (κ3) is 2.25. The number of carboxylic acids is 1. The first-order chi connectivity index (χ1) is 7.60. The monoisotopic (exact) mass is 226 g/mol. The standard InChI is InChI=1S/C11H14O5/c1-11(9-3-2-6-14-9)15-7-8(16-11)4-5-10(12)13/h2-3,6,8H,4-5,7H2,1H3,(H,12,13). The van der Waals surface area contributed by atoms with E-state index < -0.39 is 11.8 Å². The highest BCUT2D eigenvalue weighted by Crippen LogP contribution is 2.35. The summed E-state index contributed by atoms with van der Waals surface area (Å²) >= 11 is 0. The Balaban J connectivity index is 1.94. The van der Waals surface area contributed by atoms with Gasteiger partial charge in [-0.15, -0.1) is 0 Å². The molecule has 1 saturated heterocycles. The maximum absolute atomic E-state index is 10.4. The van der Waals surface area contributed by atoms with Crippen LogP contribution in [0.5, 0.6) is 0 Å². The largest absolute Gasteiger partial charge is 0.481 e. The Morgan fingerprint density at radius 1 is 1.69 bits per heavy atom. The first-order valence-electron chi connectivity index (χ1n) is 5.18. The van der Waals surface area contributed by atoms with Crippen molar-refractivity contribution >= 4 is 5.97 Å². The van der Waals surface area contributed by atoms with Crippen molar-refractivity contribution < 1.29 is 23.8 Å². The molecule has 1 fully saturated rings. The van der Waals surface area contributed by atoms with E-state index in [4.69, 9.17) is 19.0 Å². The summed E-state index contributed by atoms with van der Waals surface area (Å²) in [6.45, 7) is 2.16. The average Bonchev–Trinajstić information content (AvgIpc) is 2.84. The molecule has 0 radical (unpaired) electrons. The zero-order chi connectivity index (χ0) is 11.6. The van der Waals surface area contributed by atoms with Crippen LogP contribution in [0.15, 0.2) is 22.8 Å². The number of aliphatic carboxylic acids is 1. The number of ether oxygens (including phenoxy) is 2. The first-order valence-corrected chi connectivity index (χ1v) is 5.18. The summed E-state index contributed by atoms with van der Waals surface area (Å²) in [5.74, 6) is -1.10. The summed E-state index contributed by atoms with van der Waals surface area (Å²) in [6, 6.07) is 3.54. The van der Waals surface area contributed by atoms with Gasteiger partial charge in [0.05, 0.1) is 19.0 Å². The van der Waals surface area contributed by atoms with E-state index in [-0.39, 0.29) is 12.5 Å². The van der Waals surface area contributed by atoms with Crippen molar-refractivity contribution in [2.45, 2.75) is 31.7 Å². The van der Waals surface area contributed by atoms with Crippen LogP contribution in [-0.4, -0.2) is 23.8 Å². The van der Waals surface area contributed by atoms with Gasteiger partial charge >= 0.3 is 5.97 Å². The predicted molar refractivity (Wildman–Crippen MR) is 53.8 cm³/mol. The summed E-state index contributed by atoms with van der Waals surface area (Å²) < 4.78 is 16.4. The molecule has 2 rings (SSSR count). The van der Waals surface area contributed by atoms with Gasteiger partial charge in [0.25, 0.3) is 0 Å². The maximum atomic E-state index is 10.4. The van der Waals surface area contributed by atoms with E-state index >= 15 is 0 Å². The van der Waals surface area contributed by atoms with E-state index in [9.17, 15) is 4.79 Å². The Kier molecular flexibility index (Phi) is 2.98. The second-order valence-electron chi connectivity index (χ2n) is 3.91. The van der Waals surface area contributed by atoms with Crippen molar-refractivity contribution in [2.75, 3.05) is 6.61 Å². The Morgan fingerprint density at radius 3 is 3.12 bits per heavy atom. The van der Waals surface area contributed by atoms with Crippen molar-refractivity contribution in [3.05, 3.63) is 24.2 Å². The highest BCUT2D eigenvalue weighted by molar-refractivity contribution is 5.66. The van der Waals surface area contributed by atoms with Gasteiger partial charge in [0.15, 0.2) is 5.76 Å². The molecule has 1 aliphatic rings. The fourth-order valence-electron chi connectivity index (χ4n) is 1.73. The molecule has 5 heteroatoms. The van der Waals surface area contributed by atoms with Crippen molar-refractivity contribution in [2.24, 2.45) is 0 Å². The van der Waals surface area contributed by atoms with Crippen LogP contribution in [0.4, 0.5) is 0 Å². The van der Waals surface area contributed by atoms with Crippen LogP contribution >= 0.6 is 0 Å². The lowest BCUT2D eigenvalue weighted by atomic mass is 10.2. The highest BCUT2D eigenvalue weighted by atomic mass is 16.8. The molecule has 88 valence electrons. The molecule has 0 amide bonds. The van der Waals surface area contributed by atoms with Crippen LogP contribution in [0.2, 0.25) is 0 Å². The molecule has 2 heterocycles. The van der Waals surface area contributed by atoms with E-state index in [1.165, 1.54) is 0 Å². The molecule has 1 N–H and O–H groups in total. The van der Waals surface area contributed by atoms with Gasteiger partial charge in [-0.05, 0) is 25.5 Å². The lowest BCUT2D eigenvalue weighted by Gasteiger charge is -2.20. The van der Waals surface area contributed by atoms with Crippen molar-refractivity contribution in [3.8, 4) is 0 Å². The van der Waals surface area contributed by atoms with Gasteiger partial charge in [-0.25, -0.2) is 0 Å². The molecular weight excluding hydrogens is 212 g/mol. The molecule has 0 aliphatic carbocycles. The summed E-state index contributed by atoms with van der Waals surface area (Å²) in [6.07, 6.45) is 1.90. The Labute approximate surface area is 93.0 Å². The van der Waals surface area contributed by atoms with Crippen molar-refractivity contribution in [3.63, 3.8) is 0 Å². The van der Waals surface area contributed by atoms with Gasteiger partial charge in [-0.2, -0.15) is 0 Å². The minimum absolute atomic E-state index is 0.0856. The molecule has 0 bridgehead atoms. The number of carbonyl (C=O) groups is 1. The molecular formula is C11H14O5. The number of furan rings is 1. The molecule has 2 atom stereocenters. The molecule has 2 unspecified atom stereocenters.